The van der Waals surface area contributed by atoms with Crippen molar-refractivity contribution in [1.82, 2.24) is 4.90 Å². The molecule has 0 radical (unpaired) electrons. The maximum atomic E-state index is 12.6. The lowest BCUT2D eigenvalue weighted by atomic mass is 10.1. The fourth-order valence-corrected chi connectivity index (χ4v) is 3.24. The third-order valence-corrected chi connectivity index (χ3v) is 4.67. The molecule has 0 unspecified atom stereocenters. The highest BCUT2D eigenvalue weighted by Gasteiger charge is 2.38. The SMILES string of the molecule is COc1ccc(CCN2C(=O)C[C@@H](Nc3cccc(C)c3)C2=O)cc1OC. The Labute approximate surface area is 159 Å². The van der Waals surface area contributed by atoms with Crippen LogP contribution in [0.3, 0.4) is 0 Å². The minimum Gasteiger partial charge on any atom is -0.493 e. The highest BCUT2D eigenvalue weighted by molar-refractivity contribution is 6.06. The first-order valence-electron chi connectivity index (χ1n) is 8.90. The minimum absolute atomic E-state index is 0.148. The number of likely N-dealkylation sites (tertiary alicyclic amines) is 1. The number of anilines is 1. The molecule has 6 heteroatoms. The van der Waals surface area contributed by atoms with Crippen molar-refractivity contribution in [3.05, 3.63) is 53.6 Å². The van der Waals surface area contributed by atoms with Crippen molar-refractivity contribution in [2.45, 2.75) is 25.8 Å². The molecule has 0 saturated carbocycles. The van der Waals surface area contributed by atoms with Crippen molar-refractivity contribution >= 4 is 17.5 Å². The summed E-state index contributed by atoms with van der Waals surface area (Å²) >= 11 is 0. The number of nitrogens with one attached hydrogen (secondary N) is 1. The molecule has 1 N–H and O–H groups in total. The fraction of sp³-hybridized carbons (Fsp3) is 0.333. The lowest BCUT2D eigenvalue weighted by Gasteiger charge is -2.17. The molecule has 1 heterocycles. The number of amides is 2. The van der Waals surface area contributed by atoms with Gasteiger partial charge in [0.05, 0.1) is 20.6 Å². The summed E-state index contributed by atoms with van der Waals surface area (Å²) in [5.41, 5.74) is 2.92. The summed E-state index contributed by atoms with van der Waals surface area (Å²) < 4.78 is 10.5. The zero-order valence-electron chi connectivity index (χ0n) is 15.8. The topological polar surface area (TPSA) is 67.9 Å². The van der Waals surface area contributed by atoms with E-state index in [2.05, 4.69) is 5.32 Å². The van der Waals surface area contributed by atoms with E-state index in [9.17, 15) is 9.59 Å². The quantitative estimate of drug-likeness (QED) is 0.761. The van der Waals surface area contributed by atoms with Crippen molar-refractivity contribution in [2.24, 2.45) is 0 Å². The lowest BCUT2D eigenvalue weighted by molar-refractivity contribution is -0.138. The van der Waals surface area contributed by atoms with Crippen molar-refractivity contribution in [1.29, 1.82) is 0 Å². The van der Waals surface area contributed by atoms with E-state index in [1.807, 2.05) is 49.4 Å². The third-order valence-electron chi connectivity index (χ3n) is 4.67. The number of hydrogen-bond donors (Lipinski definition) is 1. The second-order valence-electron chi connectivity index (χ2n) is 6.59. The normalized spacial score (nSPS) is 16.6. The van der Waals surface area contributed by atoms with E-state index in [1.54, 1.807) is 14.2 Å². The number of carbonyl (C=O) groups excluding carboxylic acids is 2. The van der Waals surface area contributed by atoms with Gasteiger partial charge in [-0.2, -0.15) is 0 Å². The van der Waals surface area contributed by atoms with E-state index in [-0.39, 0.29) is 18.2 Å². The van der Waals surface area contributed by atoms with Crippen molar-refractivity contribution in [3.63, 3.8) is 0 Å². The van der Waals surface area contributed by atoms with Crippen LogP contribution in [0.4, 0.5) is 5.69 Å². The summed E-state index contributed by atoms with van der Waals surface area (Å²) in [6.07, 6.45) is 0.744. The molecule has 0 aromatic heterocycles. The Kier molecular flexibility index (Phi) is 5.64. The van der Waals surface area contributed by atoms with Gasteiger partial charge in [0, 0.05) is 12.2 Å². The van der Waals surface area contributed by atoms with Crippen LogP contribution in [0.15, 0.2) is 42.5 Å². The molecule has 0 spiro atoms. The van der Waals surface area contributed by atoms with Crippen LogP contribution in [0.2, 0.25) is 0 Å². The Bertz CT molecular complexity index is 850. The average Bonchev–Trinajstić information content (AvgIpc) is 2.92. The maximum absolute atomic E-state index is 12.6. The van der Waals surface area contributed by atoms with Crippen LogP contribution in [0, 0.1) is 6.92 Å². The van der Waals surface area contributed by atoms with Crippen molar-refractivity contribution in [3.8, 4) is 11.5 Å². The number of hydrogen-bond acceptors (Lipinski definition) is 5. The van der Waals surface area contributed by atoms with Crippen LogP contribution < -0.4 is 14.8 Å². The number of methoxy groups -OCH3 is 2. The summed E-state index contributed by atoms with van der Waals surface area (Å²) in [5, 5.41) is 3.17. The Hall–Kier alpha value is -3.02. The Balaban J connectivity index is 1.64. The second kappa shape index (κ2) is 8.12. The fourth-order valence-electron chi connectivity index (χ4n) is 3.24. The summed E-state index contributed by atoms with van der Waals surface area (Å²) in [6, 6.07) is 12.9. The highest BCUT2D eigenvalue weighted by atomic mass is 16.5. The Morgan fingerprint density at radius 1 is 1.07 bits per heavy atom. The van der Waals surface area contributed by atoms with Gasteiger partial charge in [-0.1, -0.05) is 18.2 Å². The average molecular weight is 368 g/mol. The van der Waals surface area contributed by atoms with Crippen LogP contribution in [-0.2, 0) is 16.0 Å². The summed E-state index contributed by atoms with van der Waals surface area (Å²) in [7, 11) is 3.16. The summed E-state index contributed by atoms with van der Waals surface area (Å²) in [6.45, 7) is 2.33. The van der Waals surface area contributed by atoms with Crippen LogP contribution in [-0.4, -0.2) is 43.5 Å². The van der Waals surface area contributed by atoms with Gasteiger partial charge in [0.2, 0.25) is 5.91 Å². The van der Waals surface area contributed by atoms with Gasteiger partial charge in [-0.25, -0.2) is 0 Å². The first-order chi connectivity index (χ1) is 13.0. The minimum atomic E-state index is -0.510. The number of ether oxygens (including phenoxy) is 2. The van der Waals surface area contributed by atoms with E-state index < -0.39 is 6.04 Å². The molecule has 1 fully saturated rings. The third kappa shape index (κ3) is 4.22. The molecule has 27 heavy (non-hydrogen) atoms. The van der Waals surface area contributed by atoms with Crippen LogP contribution in [0.25, 0.3) is 0 Å². The first kappa shape index (κ1) is 18.8. The standard InChI is InChI=1S/C21H24N2O4/c1-14-5-4-6-16(11-14)22-17-13-20(24)23(21(17)25)10-9-15-7-8-18(26-2)19(12-15)27-3/h4-8,11-12,17,22H,9-10,13H2,1-3H3/t17-/m1/s1. The van der Waals surface area contributed by atoms with Gasteiger partial charge >= 0.3 is 0 Å². The summed E-state index contributed by atoms with van der Waals surface area (Å²) in [4.78, 5) is 26.3. The molecule has 2 aromatic rings. The number of aryl methyl sites for hydroxylation is 1. The summed E-state index contributed by atoms with van der Waals surface area (Å²) in [5.74, 6) is 0.956. The predicted molar refractivity (Wildman–Crippen MR) is 103 cm³/mol. The van der Waals surface area contributed by atoms with E-state index in [1.165, 1.54) is 4.90 Å². The van der Waals surface area contributed by atoms with Gasteiger partial charge in [0.1, 0.15) is 6.04 Å². The second-order valence-corrected chi connectivity index (χ2v) is 6.59. The van der Waals surface area contributed by atoms with E-state index in [0.717, 1.165) is 16.8 Å². The van der Waals surface area contributed by atoms with Crippen molar-refractivity contribution < 1.29 is 19.1 Å². The molecule has 0 bridgehead atoms. The van der Waals surface area contributed by atoms with E-state index in [0.29, 0.717) is 24.5 Å². The van der Waals surface area contributed by atoms with Crippen LogP contribution in [0.5, 0.6) is 11.5 Å². The van der Waals surface area contributed by atoms with Gasteiger partial charge < -0.3 is 14.8 Å². The lowest BCUT2D eigenvalue weighted by Crippen LogP contribution is -2.36. The number of nitrogens with zero attached hydrogens (tertiary/aromatic N) is 1. The molecular weight excluding hydrogens is 344 g/mol. The first-order valence-corrected chi connectivity index (χ1v) is 8.90. The predicted octanol–water partition coefficient (Wildman–Crippen LogP) is 2.79. The number of benzene rings is 2. The number of carbonyl (C=O) groups is 2. The van der Waals surface area contributed by atoms with E-state index >= 15 is 0 Å². The monoisotopic (exact) mass is 368 g/mol. The maximum Gasteiger partial charge on any atom is 0.252 e. The van der Waals surface area contributed by atoms with Gasteiger partial charge in [0.15, 0.2) is 11.5 Å². The molecule has 3 rings (SSSR count). The van der Waals surface area contributed by atoms with Crippen LogP contribution in [0.1, 0.15) is 17.5 Å². The van der Waals surface area contributed by atoms with Gasteiger partial charge in [0.25, 0.3) is 5.91 Å². The zero-order chi connectivity index (χ0) is 19.4. The zero-order valence-corrected chi connectivity index (χ0v) is 15.8. The van der Waals surface area contributed by atoms with Gasteiger partial charge in [-0.15, -0.1) is 0 Å². The Morgan fingerprint density at radius 3 is 2.56 bits per heavy atom. The van der Waals surface area contributed by atoms with Crippen LogP contribution >= 0.6 is 0 Å². The molecule has 1 atom stereocenters. The van der Waals surface area contributed by atoms with E-state index in [4.69, 9.17) is 9.47 Å². The molecule has 142 valence electrons. The number of imide groups is 1. The highest BCUT2D eigenvalue weighted by Crippen LogP contribution is 2.28. The number of rotatable bonds is 7. The molecular formula is C21H24N2O4. The molecule has 1 saturated heterocycles. The Morgan fingerprint density at radius 2 is 1.85 bits per heavy atom. The van der Waals surface area contributed by atoms with Gasteiger partial charge in [-0.05, 0) is 48.7 Å². The largest absolute Gasteiger partial charge is 0.493 e. The van der Waals surface area contributed by atoms with Crippen molar-refractivity contribution in [2.75, 3.05) is 26.1 Å². The van der Waals surface area contributed by atoms with Gasteiger partial charge in [-0.3, -0.25) is 14.5 Å². The molecule has 1 aliphatic rings. The molecule has 1 aliphatic heterocycles. The molecule has 2 amide bonds. The molecule has 6 nitrogen and oxygen atoms in total. The molecule has 2 aromatic carbocycles. The smallest absolute Gasteiger partial charge is 0.252 e. The molecule has 0 aliphatic carbocycles.